The second kappa shape index (κ2) is 11.7. The second-order valence-electron chi connectivity index (χ2n) is 11.6. The van der Waals surface area contributed by atoms with Crippen molar-refractivity contribution in [3.8, 4) is 22.6 Å². The fraction of sp³-hybridized carbons (Fsp3) is 0.412. The van der Waals surface area contributed by atoms with E-state index in [4.69, 9.17) is 14.8 Å². The van der Waals surface area contributed by atoms with E-state index in [9.17, 15) is 4.39 Å². The van der Waals surface area contributed by atoms with Gasteiger partial charge in [-0.15, -0.1) is 11.3 Å². The van der Waals surface area contributed by atoms with Gasteiger partial charge in [-0.2, -0.15) is 5.10 Å². The summed E-state index contributed by atoms with van der Waals surface area (Å²) in [6.07, 6.45) is 4.14. The third-order valence-corrected chi connectivity index (χ3v) is 9.05. The van der Waals surface area contributed by atoms with Crippen LogP contribution in [-0.4, -0.2) is 45.4 Å². The molecular weight excluding hydrogens is 545 g/mol. The minimum Gasteiger partial charge on any atom is -0.494 e. The molecule has 4 aromatic rings. The van der Waals surface area contributed by atoms with Crippen molar-refractivity contribution in [1.82, 2.24) is 25.0 Å². The second-order valence-corrected chi connectivity index (χ2v) is 12.5. The molecule has 1 aliphatic carbocycles. The van der Waals surface area contributed by atoms with Crippen LogP contribution in [0.4, 0.5) is 4.39 Å². The fourth-order valence-corrected chi connectivity index (χ4v) is 7.17. The van der Waals surface area contributed by atoms with Gasteiger partial charge in [0, 0.05) is 53.0 Å². The maximum Gasteiger partial charge on any atom is 0.123 e. The molecule has 6 nitrogen and oxygen atoms in total. The van der Waals surface area contributed by atoms with Crippen LogP contribution in [0.1, 0.15) is 62.9 Å². The summed E-state index contributed by atoms with van der Waals surface area (Å²) in [4.78, 5) is 7.75. The van der Waals surface area contributed by atoms with Crippen molar-refractivity contribution < 1.29 is 9.13 Å². The Morgan fingerprint density at radius 1 is 1.12 bits per heavy atom. The van der Waals surface area contributed by atoms with Crippen molar-refractivity contribution in [3.63, 3.8) is 0 Å². The van der Waals surface area contributed by atoms with Gasteiger partial charge in [0.25, 0.3) is 0 Å². The van der Waals surface area contributed by atoms with Crippen LogP contribution >= 0.6 is 11.3 Å². The minimum atomic E-state index is -0.366. The SMILES string of the molecule is CC.CC1Cn2nc(-c3nc(-c4ccc5c(c4)CCN(C)C5)c4ccsc4c3C3C=C(F)C=C3OC(C)C)cc2CN1. The zero-order valence-electron chi connectivity index (χ0n) is 25.4. The summed E-state index contributed by atoms with van der Waals surface area (Å²) in [5, 5.41) is 11.8. The monoisotopic (exact) mass is 585 g/mol. The minimum absolute atomic E-state index is 0.0652. The number of benzene rings is 1. The first kappa shape index (κ1) is 28.8. The number of likely N-dealkylation sites (N-methyl/N-ethyl adjacent to an activating group) is 1. The number of hydrogen-bond donors (Lipinski definition) is 1. The number of thiophene rings is 1. The van der Waals surface area contributed by atoms with Gasteiger partial charge >= 0.3 is 0 Å². The van der Waals surface area contributed by atoms with Crippen molar-refractivity contribution in [1.29, 1.82) is 0 Å². The summed E-state index contributed by atoms with van der Waals surface area (Å²) in [6, 6.07) is 11.4. The Hall–Kier alpha value is -3.33. The molecule has 7 rings (SSSR count). The molecule has 1 N–H and O–H groups in total. The number of hydrogen-bond acceptors (Lipinski definition) is 6. The molecule has 3 aliphatic rings. The number of allylic oxidation sites excluding steroid dienone is 3. The van der Waals surface area contributed by atoms with E-state index in [0.29, 0.717) is 11.8 Å². The Morgan fingerprint density at radius 2 is 1.95 bits per heavy atom. The third kappa shape index (κ3) is 5.32. The van der Waals surface area contributed by atoms with E-state index in [1.54, 1.807) is 17.4 Å². The molecule has 0 saturated heterocycles. The Morgan fingerprint density at radius 3 is 2.76 bits per heavy atom. The van der Waals surface area contributed by atoms with Crippen molar-refractivity contribution >= 4 is 21.4 Å². The Bertz CT molecular complexity index is 1680. The van der Waals surface area contributed by atoms with Crippen molar-refractivity contribution in [2.45, 2.75) is 78.7 Å². The van der Waals surface area contributed by atoms with Crippen LogP contribution in [0.5, 0.6) is 0 Å². The first-order valence-electron chi connectivity index (χ1n) is 15.1. The van der Waals surface area contributed by atoms with Gasteiger partial charge in [-0.1, -0.05) is 26.0 Å². The first-order valence-corrected chi connectivity index (χ1v) is 16.0. The largest absolute Gasteiger partial charge is 0.494 e. The number of rotatable bonds is 5. The van der Waals surface area contributed by atoms with E-state index in [-0.39, 0.29) is 17.8 Å². The highest BCUT2D eigenvalue weighted by Gasteiger charge is 2.32. The van der Waals surface area contributed by atoms with Crippen LogP contribution in [0.25, 0.3) is 32.7 Å². The van der Waals surface area contributed by atoms with E-state index in [1.165, 1.54) is 17.2 Å². The number of nitrogens with one attached hydrogen (secondary N) is 1. The maximum atomic E-state index is 14.8. The molecule has 2 unspecified atom stereocenters. The summed E-state index contributed by atoms with van der Waals surface area (Å²) in [5.41, 5.74) is 8.55. The average molecular weight is 586 g/mol. The lowest BCUT2D eigenvalue weighted by Gasteiger charge is -2.25. The molecule has 0 fully saturated rings. The molecule has 42 heavy (non-hydrogen) atoms. The highest BCUT2D eigenvalue weighted by Crippen LogP contribution is 2.46. The van der Waals surface area contributed by atoms with E-state index >= 15 is 0 Å². The van der Waals surface area contributed by atoms with Crippen LogP contribution in [0.3, 0.4) is 0 Å². The lowest BCUT2D eigenvalue weighted by atomic mass is 9.91. The third-order valence-electron chi connectivity index (χ3n) is 8.11. The van der Waals surface area contributed by atoms with Crippen molar-refractivity contribution in [2.24, 2.45) is 0 Å². The molecule has 220 valence electrons. The quantitative estimate of drug-likeness (QED) is 0.262. The van der Waals surface area contributed by atoms with Gasteiger partial charge < -0.3 is 15.0 Å². The molecule has 0 saturated carbocycles. The van der Waals surface area contributed by atoms with Gasteiger partial charge in [-0.3, -0.25) is 4.68 Å². The number of nitrogens with zero attached hydrogens (tertiary/aromatic N) is 4. The van der Waals surface area contributed by atoms with Crippen LogP contribution < -0.4 is 5.32 Å². The molecule has 5 heterocycles. The molecule has 0 spiro atoms. The van der Waals surface area contributed by atoms with E-state index in [2.05, 4.69) is 64.6 Å². The summed E-state index contributed by atoms with van der Waals surface area (Å²) in [5.74, 6) is -0.0210. The molecule has 8 heteroatoms. The smallest absolute Gasteiger partial charge is 0.123 e. The van der Waals surface area contributed by atoms with Gasteiger partial charge in [0.2, 0.25) is 0 Å². The van der Waals surface area contributed by atoms with Crippen LogP contribution in [0.2, 0.25) is 0 Å². The number of fused-ring (bicyclic) bond motifs is 3. The molecule has 2 aliphatic heterocycles. The number of halogens is 1. The predicted molar refractivity (Wildman–Crippen MR) is 170 cm³/mol. The van der Waals surface area contributed by atoms with Gasteiger partial charge in [-0.25, -0.2) is 9.37 Å². The molecule has 0 amide bonds. The van der Waals surface area contributed by atoms with Crippen LogP contribution in [0, 0.1) is 0 Å². The highest BCUT2D eigenvalue weighted by molar-refractivity contribution is 7.17. The van der Waals surface area contributed by atoms with E-state index in [0.717, 1.165) is 76.6 Å². The Labute approximate surface area is 251 Å². The molecule has 0 bridgehead atoms. The topological polar surface area (TPSA) is 55.2 Å². The van der Waals surface area contributed by atoms with Gasteiger partial charge in [0.15, 0.2) is 0 Å². The Kier molecular flexibility index (Phi) is 8.05. The molecule has 0 radical (unpaired) electrons. The van der Waals surface area contributed by atoms with Gasteiger partial charge in [-0.05, 0) is 75.0 Å². The number of pyridine rings is 1. The van der Waals surface area contributed by atoms with E-state index in [1.807, 2.05) is 27.7 Å². The van der Waals surface area contributed by atoms with Crippen molar-refractivity contribution in [3.05, 3.63) is 81.8 Å². The predicted octanol–water partition coefficient (Wildman–Crippen LogP) is 7.59. The standard InChI is InChI=1S/C32H34FN5OS.C2H6/c1-18(2)39-28-13-23(33)12-26(28)29-31(27-14-24-15-34-19(3)16-38(24)36-27)35-30(25-8-10-40-32(25)29)21-5-6-22-17-37(4)9-7-20(22)11-21;1-2/h5-6,8,10-14,18-19,26,34H,7,9,15-17H2,1-4H3;1-2H3. The maximum absolute atomic E-state index is 14.8. The summed E-state index contributed by atoms with van der Waals surface area (Å²) in [6.45, 7) is 13.7. The Balaban J connectivity index is 0.00000155. The lowest BCUT2D eigenvalue weighted by Crippen LogP contribution is -2.36. The molecule has 2 atom stereocenters. The van der Waals surface area contributed by atoms with E-state index < -0.39 is 0 Å². The summed E-state index contributed by atoms with van der Waals surface area (Å²) < 4.78 is 24.2. The highest BCUT2D eigenvalue weighted by atomic mass is 32.1. The molecule has 1 aromatic carbocycles. The first-order chi connectivity index (χ1) is 20.3. The zero-order valence-corrected chi connectivity index (χ0v) is 26.2. The van der Waals surface area contributed by atoms with Gasteiger partial charge in [0.1, 0.15) is 17.3 Å². The fourth-order valence-electron chi connectivity index (χ4n) is 6.18. The average Bonchev–Trinajstić information content (AvgIpc) is 3.71. The van der Waals surface area contributed by atoms with Gasteiger partial charge in [0.05, 0.1) is 35.6 Å². The van der Waals surface area contributed by atoms with Crippen molar-refractivity contribution in [2.75, 3.05) is 13.6 Å². The number of ether oxygens (including phenoxy) is 1. The zero-order chi connectivity index (χ0) is 29.5. The lowest BCUT2D eigenvalue weighted by molar-refractivity contribution is 0.139. The number of aromatic nitrogens is 3. The molecular formula is C34H40FN5OS. The normalized spacial score (nSPS) is 20.1. The summed E-state index contributed by atoms with van der Waals surface area (Å²) >= 11 is 1.68. The van der Waals surface area contributed by atoms with Crippen LogP contribution in [-0.2, 0) is 30.8 Å². The van der Waals surface area contributed by atoms with Crippen LogP contribution in [0.15, 0.2) is 59.4 Å². The summed E-state index contributed by atoms with van der Waals surface area (Å²) in [7, 11) is 2.17. The molecule has 3 aromatic heterocycles.